The number of ether oxygens (including phenoxy) is 1. The molecular weight excluding hydrogens is 356 g/mol. The van der Waals surface area contributed by atoms with Gasteiger partial charge in [0.1, 0.15) is 5.82 Å². The summed E-state index contributed by atoms with van der Waals surface area (Å²) < 4.78 is 18.5. The second kappa shape index (κ2) is 7.64. The van der Waals surface area contributed by atoms with Gasteiger partial charge in [-0.05, 0) is 43.7 Å². The maximum atomic E-state index is 13.5. The lowest BCUT2D eigenvalue weighted by Crippen LogP contribution is -2.30. The van der Waals surface area contributed by atoms with E-state index in [4.69, 9.17) is 27.9 Å². The van der Waals surface area contributed by atoms with Crippen molar-refractivity contribution in [3.8, 4) is 0 Å². The summed E-state index contributed by atoms with van der Waals surface area (Å²) in [6, 6.07) is 9.14. The van der Waals surface area contributed by atoms with Gasteiger partial charge in [-0.25, -0.2) is 9.18 Å². The summed E-state index contributed by atoms with van der Waals surface area (Å²) in [7, 11) is 0. The molecule has 1 atom stereocenters. The van der Waals surface area contributed by atoms with Crippen LogP contribution in [0.1, 0.15) is 22.8 Å². The van der Waals surface area contributed by atoms with E-state index in [-0.39, 0.29) is 15.6 Å². The summed E-state index contributed by atoms with van der Waals surface area (Å²) in [5.74, 6) is -2.23. The molecule has 24 heavy (non-hydrogen) atoms. The number of halogens is 3. The van der Waals surface area contributed by atoms with Gasteiger partial charge in [-0.3, -0.25) is 4.79 Å². The Bertz CT molecular complexity index is 795. The van der Waals surface area contributed by atoms with Crippen LogP contribution in [0.15, 0.2) is 36.4 Å². The summed E-state index contributed by atoms with van der Waals surface area (Å²) in [4.78, 5) is 24.1. The average molecular weight is 370 g/mol. The molecule has 1 N–H and O–H groups in total. The first-order chi connectivity index (χ1) is 11.3. The van der Waals surface area contributed by atoms with Crippen molar-refractivity contribution >= 4 is 40.8 Å². The Morgan fingerprint density at radius 3 is 2.54 bits per heavy atom. The molecule has 0 saturated heterocycles. The maximum Gasteiger partial charge on any atom is 0.340 e. The number of amides is 1. The number of hydrogen-bond acceptors (Lipinski definition) is 3. The quantitative estimate of drug-likeness (QED) is 0.631. The molecule has 0 fully saturated rings. The molecule has 0 spiro atoms. The lowest BCUT2D eigenvalue weighted by atomic mass is 10.2. The first-order valence-electron chi connectivity index (χ1n) is 7.01. The van der Waals surface area contributed by atoms with Crippen molar-refractivity contribution in [3.05, 3.63) is 63.4 Å². The minimum absolute atomic E-state index is 0.0577. The van der Waals surface area contributed by atoms with Crippen molar-refractivity contribution in [1.82, 2.24) is 0 Å². The van der Waals surface area contributed by atoms with E-state index < -0.39 is 23.8 Å². The zero-order valence-corrected chi connectivity index (χ0v) is 14.4. The van der Waals surface area contributed by atoms with E-state index in [1.165, 1.54) is 6.92 Å². The van der Waals surface area contributed by atoms with E-state index >= 15 is 0 Å². The predicted octanol–water partition coefficient (Wildman–Crippen LogP) is 4.62. The minimum Gasteiger partial charge on any atom is -0.449 e. The van der Waals surface area contributed by atoms with Gasteiger partial charge in [0.05, 0.1) is 15.6 Å². The molecule has 2 aromatic rings. The second-order valence-corrected chi connectivity index (χ2v) is 5.97. The molecule has 0 aromatic heterocycles. The van der Waals surface area contributed by atoms with Gasteiger partial charge >= 0.3 is 5.97 Å². The number of rotatable bonds is 4. The predicted molar refractivity (Wildman–Crippen MR) is 91.1 cm³/mol. The highest BCUT2D eigenvalue weighted by Gasteiger charge is 2.22. The fourth-order valence-electron chi connectivity index (χ4n) is 1.92. The normalized spacial score (nSPS) is 11.7. The first-order valence-corrected chi connectivity index (χ1v) is 7.76. The van der Waals surface area contributed by atoms with Crippen molar-refractivity contribution in [1.29, 1.82) is 0 Å². The monoisotopic (exact) mass is 369 g/mol. The Morgan fingerprint density at radius 1 is 1.17 bits per heavy atom. The number of hydrogen-bond donors (Lipinski definition) is 1. The molecule has 2 aromatic carbocycles. The molecular formula is C17H14Cl2FNO3. The minimum atomic E-state index is -1.09. The highest BCUT2D eigenvalue weighted by atomic mass is 35.5. The molecule has 0 bridgehead atoms. The zero-order chi connectivity index (χ0) is 17.9. The van der Waals surface area contributed by atoms with Gasteiger partial charge < -0.3 is 10.1 Å². The number of nitrogens with one attached hydrogen (secondary N) is 1. The molecule has 0 aliphatic heterocycles. The summed E-state index contributed by atoms with van der Waals surface area (Å²) in [6.07, 6.45) is -1.09. The first kappa shape index (κ1) is 18.2. The third kappa shape index (κ3) is 4.46. The Labute approximate surface area is 148 Å². The van der Waals surface area contributed by atoms with Gasteiger partial charge in [0.2, 0.25) is 0 Å². The van der Waals surface area contributed by atoms with Crippen LogP contribution in [-0.2, 0) is 9.53 Å². The highest BCUT2D eigenvalue weighted by molar-refractivity contribution is 6.36. The molecule has 7 heteroatoms. The molecule has 0 saturated carbocycles. The Hall–Kier alpha value is -2.11. The van der Waals surface area contributed by atoms with Crippen molar-refractivity contribution in [2.24, 2.45) is 0 Å². The van der Waals surface area contributed by atoms with Gasteiger partial charge in [0.25, 0.3) is 5.91 Å². The Morgan fingerprint density at radius 2 is 1.88 bits per heavy atom. The standard InChI is InChI=1S/C17H14Cl2FNO3/c1-9-4-3-5-11(6-9)21-16(22)10(2)24-17(23)12-7-15(20)14(19)8-13(12)18/h3-8,10H,1-2H3,(H,21,22)/t10-/m1/s1. The summed E-state index contributed by atoms with van der Waals surface area (Å²) in [6.45, 7) is 3.29. The van der Waals surface area contributed by atoms with Gasteiger partial charge in [0, 0.05) is 5.69 Å². The third-order valence-electron chi connectivity index (χ3n) is 3.17. The van der Waals surface area contributed by atoms with Gasteiger partial charge in [-0.2, -0.15) is 0 Å². The number of aryl methyl sites for hydroxylation is 1. The highest BCUT2D eigenvalue weighted by Crippen LogP contribution is 2.25. The van der Waals surface area contributed by atoms with E-state index in [0.29, 0.717) is 5.69 Å². The maximum absolute atomic E-state index is 13.5. The van der Waals surface area contributed by atoms with Crippen LogP contribution < -0.4 is 5.32 Å². The Kier molecular flexibility index (Phi) is 5.80. The molecule has 1 amide bonds. The molecule has 0 aliphatic rings. The topological polar surface area (TPSA) is 55.4 Å². The smallest absolute Gasteiger partial charge is 0.340 e. The van der Waals surface area contributed by atoms with Crippen LogP contribution in [0.25, 0.3) is 0 Å². The molecule has 126 valence electrons. The zero-order valence-electron chi connectivity index (χ0n) is 12.9. The summed E-state index contributed by atoms with van der Waals surface area (Å²) >= 11 is 11.4. The van der Waals surface area contributed by atoms with Crippen LogP contribution in [0.4, 0.5) is 10.1 Å². The van der Waals surface area contributed by atoms with E-state index in [1.54, 1.807) is 18.2 Å². The second-order valence-electron chi connectivity index (χ2n) is 5.15. The van der Waals surface area contributed by atoms with Crippen LogP contribution in [0, 0.1) is 12.7 Å². The van der Waals surface area contributed by atoms with Crippen LogP contribution in [0.3, 0.4) is 0 Å². The molecule has 0 aliphatic carbocycles. The molecule has 0 heterocycles. The van der Waals surface area contributed by atoms with Crippen LogP contribution >= 0.6 is 23.2 Å². The fourth-order valence-corrected chi connectivity index (χ4v) is 2.38. The molecule has 4 nitrogen and oxygen atoms in total. The Balaban J connectivity index is 2.06. The van der Waals surface area contributed by atoms with Crippen molar-refractivity contribution in [2.75, 3.05) is 5.32 Å². The van der Waals surface area contributed by atoms with E-state index in [1.807, 2.05) is 13.0 Å². The van der Waals surface area contributed by atoms with Crippen molar-refractivity contribution < 1.29 is 18.7 Å². The van der Waals surface area contributed by atoms with Crippen molar-refractivity contribution in [3.63, 3.8) is 0 Å². The van der Waals surface area contributed by atoms with Gasteiger partial charge in [-0.1, -0.05) is 35.3 Å². The van der Waals surface area contributed by atoms with Crippen LogP contribution in [0.5, 0.6) is 0 Å². The number of benzene rings is 2. The summed E-state index contributed by atoms with van der Waals surface area (Å²) in [5.41, 5.74) is 1.35. The number of esters is 1. The van der Waals surface area contributed by atoms with Gasteiger partial charge in [0.15, 0.2) is 6.10 Å². The van der Waals surface area contributed by atoms with E-state index in [0.717, 1.165) is 17.7 Å². The fraction of sp³-hybridized carbons (Fsp3) is 0.176. The molecule has 0 unspecified atom stereocenters. The van der Waals surface area contributed by atoms with E-state index in [9.17, 15) is 14.0 Å². The van der Waals surface area contributed by atoms with Crippen molar-refractivity contribution in [2.45, 2.75) is 20.0 Å². The lowest BCUT2D eigenvalue weighted by molar-refractivity contribution is -0.123. The van der Waals surface area contributed by atoms with Gasteiger partial charge in [-0.15, -0.1) is 0 Å². The third-order valence-corrected chi connectivity index (χ3v) is 3.77. The molecule has 0 radical (unpaired) electrons. The summed E-state index contributed by atoms with van der Waals surface area (Å²) in [5, 5.41) is 2.37. The average Bonchev–Trinajstić information content (AvgIpc) is 2.50. The van der Waals surface area contributed by atoms with Crippen LogP contribution in [0.2, 0.25) is 10.0 Å². The lowest BCUT2D eigenvalue weighted by Gasteiger charge is -2.14. The van der Waals surface area contributed by atoms with Crippen LogP contribution in [-0.4, -0.2) is 18.0 Å². The SMILES string of the molecule is Cc1cccc(NC(=O)[C@@H](C)OC(=O)c2cc(F)c(Cl)cc2Cl)c1. The largest absolute Gasteiger partial charge is 0.449 e. The number of carbonyl (C=O) groups excluding carboxylic acids is 2. The number of carbonyl (C=O) groups is 2. The van der Waals surface area contributed by atoms with E-state index in [2.05, 4.69) is 5.32 Å². The number of anilines is 1. The molecule has 2 rings (SSSR count).